The molecule has 2 aromatic heterocycles. The molecule has 2 aromatic carbocycles. The van der Waals surface area contributed by atoms with Crippen molar-refractivity contribution in [3.8, 4) is 11.5 Å². The van der Waals surface area contributed by atoms with E-state index in [1.54, 1.807) is 12.3 Å². The summed E-state index contributed by atoms with van der Waals surface area (Å²) >= 11 is 1.52. The molecular weight excluding hydrogens is 576 g/mol. The first-order chi connectivity index (χ1) is 20.7. The SMILES string of the molecule is CN(C)CCN1C=NC(c2cc3nccc(Oc4ccc(NC(=O)N5CCN(c6ccc(F)cc6)C5=O)cc4F)c3s2)C1. The number of carbonyl (C=O) groups excluding carboxylic acids is 2. The summed E-state index contributed by atoms with van der Waals surface area (Å²) in [6.45, 7) is 3.00. The monoisotopic (exact) mass is 605 g/mol. The lowest BCUT2D eigenvalue weighted by atomic mass is 10.2. The average Bonchev–Trinajstić information content (AvgIpc) is 3.72. The summed E-state index contributed by atoms with van der Waals surface area (Å²) in [4.78, 5) is 42.5. The van der Waals surface area contributed by atoms with Gasteiger partial charge in [0.1, 0.15) is 17.6 Å². The van der Waals surface area contributed by atoms with Crippen molar-refractivity contribution in [2.45, 2.75) is 6.04 Å². The molecule has 1 saturated heterocycles. The number of aliphatic imine (C=N–C) groups is 1. The van der Waals surface area contributed by atoms with Crippen LogP contribution < -0.4 is 15.0 Å². The maximum Gasteiger partial charge on any atom is 0.332 e. The van der Waals surface area contributed by atoms with Crippen LogP contribution in [0.4, 0.5) is 29.7 Å². The number of halogens is 2. The fraction of sp³-hybridized carbons (Fsp3) is 0.267. The van der Waals surface area contributed by atoms with E-state index in [4.69, 9.17) is 4.74 Å². The molecule has 10 nitrogen and oxygen atoms in total. The molecule has 2 aliphatic rings. The van der Waals surface area contributed by atoms with Gasteiger partial charge in [-0.3, -0.25) is 14.9 Å². The number of anilines is 2. The minimum absolute atomic E-state index is 0.000832. The third-order valence-electron chi connectivity index (χ3n) is 7.17. The Labute approximate surface area is 250 Å². The average molecular weight is 606 g/mol. The number of urea groups is 2. The Morgan fingerprint density at radius 3 is 2.67 bits per heavy atom. The number of hydrogen-bond acceptors (Lipinski definition) is 8. The summed E-state index contributed by atoms with van der Waals surface area (Å²) < 4.78 is 35.1. The van der Waals surface area contributed by atoms with Gasteiger partial charge in [0.2, 0.25) is 0 Å². The van der Waals surface area contributed by atoms with Crippen molar-refractivity contribution in [2.24, 2.45) is 4.99 Å². The van der Waals surface area contributed by atoms with E-state index in [1.807, 2.05) is 26.5 Å². The molecule has 0 bridgehead atoms. The van der Waals surface area contributed by atoms with Crippen LogP contribution in [0.1, 0.15) is 10.9 Å². The summed E-state index contributed by atoms with van der Waals surface area (Å²) in [7, 11) is 4.08. The van der Waals surface area contributed by atoms with Gasteiger partial charge in [-0.15, -0.1) is 11.3 Å². The molecule has 4 amide bonds. The molecule has 0 spiro atoms. The minimum atomic E-state index is -0.695. The number of benzene rings is 2. The van der Waals surface area contributed by atoms with Crippen LogP contribution in [-0.4, -0.2) is 84.9 Å². The number of nitrogens with zero attached hydrogens (tertiary/aromatic N) is 6. The second kappa shape index (κ2) is 11.9. The maximum absolute atomic E-state index is 15.1. The molecule has 4 aromatic rings. The van der Waals surface area contributed by atoms with Gasteiger partial charge in [0.05, 0.1) is 23.1 Å². The Morgan fingerprint density at radius 1 is 1.09 bits per heavy atom. The Kier molecular flexibility index (Phi) is 7.91. The van der Waals surface area contributed by atoms with Gasteiger partial charge in [0.15, 0.2) is 11.6 Å². The standard InChI is InChI=1S/C30H29F2N7O3S/c1-36(2)11-12-37-17-24(34-18-37)27-16-23-28(43-27)26(9-10-33-23)42-25-8-5-20(15-22(25)32)35-29(40)39-14-13-38(30(39)41)21-6-3-19(31)4-7-21/h3-10,15-16,18,24H,11-14,17H2,1-2H3,(H,35,40). The number of rotatable bonds is 8. The van der Waals surface area contributed by atoms with E-state index < -0.39 is 23.7 Å². The van der Waals surface area contributed by atoms with E-state index in [9.17, 15) is 14.0 Å². The Hall–Kier alpha value is -4.62. The van der Waals surface area contributed by atoms with Gasteiger partial charge in [0, 0.05) is 60.8 Å². The quantitative estimate of drug-likeness (QED) is 0.274. The molecule has 13 heteroatoms. The van der Waals surface area contributed by atoms with Crippen LogP contribution in [0.15, 0.2) is 65.8 Å². The van der Waals surface area contributed by atoms with Gasteiger partial charge in [-0.2, -0.15) is 0 Å². The van der Waals surface area contributed by atoms with E-state index in [2.05, 4.69) is 25.1 Å². The van der Waals surface area contributed by atoms with Crippen LogP contribution in [0.2, 0.25) is 0 Å². The molecular formula is C30H29F2N7O3S. The first-order valence-electron chi connectivity index (χ1n) is 13.7. The topological polar surface area (TPSA) is 93.6 Å². The lowest BCUT2D eigenvalue weighted by Gasteiger charge is -2.18. The van der Waals surface area contributed by atoms with E-state index in [-0.39, 0.29) is 30.6 Å². The minimum Gasteiger partial charge on any atom is -0.453 e. The molecule has 43 heavy (non-hydrogen) atoms. The van der Waals surface area contributed by atoms with Gasteiger partial charge in [-0.25, -0.2) is 23.3 Å². The first-order valence-corrected chi connectivity index (χ1v) is 14.5. The number of pyridine rings is 1. The van der Waals surface area contributed by atoms with Crippen LogP contribution in [0, 0.1) is 11.6 Å². The molecule has 1 N–H and O–H groups in total. The largest absolute Gasteiger partial charge is 0.453 e. The Morgan fingerprint density at radius 2 is 1.91 bits per heavy atom. The van der Waals surface area contributed by atoms with Crippen molar-refractivity contribution in [3.63, 3.8) is 0 Å². The Balaban J connectivity index is 1.11. The van der Waals surface area contributed by atoms with Crippen LogP contribution in [0.3, 0.4) is 0 Å². The molecule has 6 rings (SSSR count). The maximum atomic E-state index is 15.1. The van der Waals surface area contributed by atoms with Crippen LogP contribution in [0.5, 0.6) is 11.5 Å². The molecule has 1 fully saturated rings. The highest BCUT2D eigenvalue weighted by Gasteiger charge is 2.34. The Bertz CT molecular complexity index is 1700. The molecule has 222 valence electrons. The third-order valence-corrected chi connectivity index (χ3v) is 8.41. The summed E-state index contributed by atoms with van der Waals surface area (Å²) in [6, 6.07) is 11.9. The third kappa shape index (κ3) is 6.13. The predicted molar refractivity (Wildman–Crippen MR) is 162 cm³/mol. The normalized spacial score (nSPS) is 16.6. The highest BCUT2D eigenvalue weighted by atomic mass is 32.1. The summed E-state index contributed by atoms with van der Waals surface area (Å²) in [5, 5.41) is 2.57. The number of likely N-dealkylation sites (N-methyl/N-ethyl adjacent to an activating group) is 1. The molecule has 2 aliphatic heterocycles. The number of carbonyl (C=O) groups is 2. The van der Waals surface area contributed by atoms with Gasteiger partial charge in [0.25, 0.3) is 0 Å². The summed E-state index contributed by atoms with van der Waals surface area (Å²) in [5.74, 6) is -0.660. The highest BCUT2D eigenvalue weighted by Crippen LogP contribution is 2.39. The zero-order chi connectivity index (χ0) is 30.1. The number of imide groups is 1. The van der Waals surface area contributed by atoms with Crippen molar-refractivity contribution in [1.82, 2.24) is 19.7 Å². The van der Waals surface area contributed by atoms with Crippen molar-refractivity contribution < 1.29 is 23.1 Å². The van der Waals surface area contributed by atoms with Gasteiger partial charge < -0.3 is 19.9 Å². The molecule has 0 saturated carbocycles. The number of ether oxygens (including phenoxy) is 1. The summed E-state index contributed by atoms with van der Waals surface area (Å²) in [5.41, 5.74) is 1.39. The first kappa shape index (κ1) is 28.5. The lowest BCUT2D eigenvalue weighted by molar-refractivity contribution is 0.209. The number of hydrogen-bond donors (Lipinski definition) is 1. The molecule has 0 aliphatic carbocycles. The van der Waals surface area contributed by atoms with Crippen LogP contribution in [0.25, 0.3) is 10.2 Å². The van der Waals surface area contributed by atoms with Crippen molar-refractivity contribution in [3.05, 3.63) is 77.3 Å². The fourth-order valence-electron chi connectivity index (χ4n) is 4.87. The number of nitrogens with one attached hydrogen (secondary N) is 1. The van der Waals surface area contributed by atoms with Gasteiger partial charge in [-0.1, -0.05) is 0 Å². The van der Waals surface area contributed by atoms with Crippen molar-refractivity contribution in [1.29, 1.82) is 0 Å². The van der Waals surface area contributed by atoms with Crippen molar-refractivity contribution >= 4 is 51.3 Å². The zero-order valence-electron chi connectivity index (χ0n) is 23.5. The van der Waals surface area contributed by atoms with E-state index in [1.165, 1.54) is 52.6 Å². The number of amides is 4. The van der Waals surface area contributed by atoms with Gasteiger partial charge in [-0.05, 0) is 56.6 Å². The smallest absolute Gasteiger partial charge is 0.332 e. The number of fused-ring (bicyclic) bond motifs is 1. The predicted octanol–water partition coefficient (Wildman–Crippen LogP) is 5.79. The second-order valence-corrected chi connectivity index (χ2v) is 11.6. The number of thiophene rings is 1. The molecule has 1 atom stereocenters. The summed E-state index contributed by atoms with van der Waals surface area (Å²) in [6.07, 6.45) is 3.50. The number of aromatic nitrogens is 1. The second-order valence-electron chi connectivity index (χ2n) is 10.5. The van der Waals surface area contributed by atoms with E-state index in [0.29, 0.717) is 11.4 Å². The molecule has 1 unspecified atom stereocenters. The van der Waals surface area contributed by atoms with Crippen LogP contribution in [-0.2, 0) is 0 Å². The lowest BCUT2D eigenvalue weighted by Crippen LogP contribution is -2.39. The highest BCUT2D eigenvalue weighted by molar-refractivity contribution is 7.19. The van der Waals surface area contributed by atoms with Crippen LogP contribution >= 0.6 is 11.3 Å². The van der Waals surface area contributed by atoms with Gasteiger partial charge >= 0.3 is 12.1 Å². The fourth-order valence-corrected chi connectivity index (χ4v) is 5.97. The molecule has 4 heterocycles. The van der Waals surface area contributed by atoms with E-state index in [0.717, 1.165) is 45.7 Å². The van der Waals surface area contributed by atoms with Crippen molar-refractivity contribution in [2.75, 3.05) is 57.0 Å². The molecule has 0 radical (unpaired) electrons. The zero-order valence-corrected chi connectivity index (χ0v) is 24.4. The van der Waals surface area contributed by atoms with E-state index >= 15 is 4.39 Å².